The number of ether oxygens (including phenoxy) is 1. The van der Waals surface area contributed by atoms with Crippen LogP contribution in [-0.4, -0.2) is 58.6 Å². The van der Waals surface area contributed by atoms with Crippen molar-refractivity contribution in [2.75, 3.05) is 26.8 Å². The normalized spacial score (nSPS) is 19.2. The summed E-state index contributed by atoms with van der Waals surface area (Å²) in [5.74, 6) is 1.03. The van der Waals surface area contributed by atoms with E-state index in [4.69, 9.17) is 4.74 Å². The summed E-state index contributed by atoms with van der Waals surface area (Å²) in [7, 11) is -0.115. The van der Waals surface area contributed by atoms with Crippen LogP contribution in [0.5, 0.6) is 0 Å². The molecule has 0 aliphatic carbocycles. The number of aryl methyl sites for hydroxylation is 2. The Balaban J connectivity index is 1.79. The monoisotopic (exact) mass is 353 g/mol. The third-order valence-corrected chi connectivity index (χ3v) is 6.16. The van der Waals surface area contributed by atoms with Crippen molar-refractivity contribution >= 4 is 10.0 Å². The zero-order chi connectivity index (χ0) is 17.3. The summed E-state index contributed by atoms with van der Waals surface area (Å²) in [4.78, 5) is 8.50. The molecule has 1 fully saturated rings. The number of methoxy groups -OCH3 is 1. The minimum absolute atomic E-state index is 0.0917. The summed E-state index contributed by atoms with van der Waals surface area (Å²) in [6.45, 7) is 4.25. The Hall–Kier alpha value is -1.71. The molecule has 1 atom stereocenters. The SMILES string of the molecule is COCCn1c(C)cnc1C1CCN(S(=O)(=O)c2cn(C)cn2)C1. The van der Waals surface area contributed by atoms with Crippen LogP contribution in [-0.2, 0) is 28.4 Å². The van der Waals surface area contributed by atoms with Gasteiger partial charge in [0.2, 0.25) is 0 Å². The molecule has 1 saturated heterocycles. The van der Waals surface area contributed by atoms with Crippen molar-refractivity contribution < 1.29 is 13.2 Å². The van der Waals surface area contributed by atoms with Crippen molar-refractivity contribution in [3.63, 3.8) is 0 Å². The Labute approximate surface area is 142 Å². The molecule has 0 amide bonds. The summed E-state index contributed by atoms with van der Waals surface area (Å²) in [6.07, 6.45) is 5.63. The number of hydrogen-bond donors (Lipinski definition) is 0. The fourth-order valence-electron chi connectivity index (χ4n) is 3.09. The van der Waals surface area contributed by atoms with Gasteiger partial charge in [-0.2, -0.15) is 4.31 Å². The predicted molar refractivity (Wildman–Crippen MR) is 88.2 cm³/mol. The lowest BCUT2D eigenvalue weighted by molar-refractivity contribution is 0.185. The van der Waals surface area contributed by atoms with E-state index in [1.54, 1.807) is 18.7 Å². The van der Waals surface area contributed by atoms with Gasteiger partial charge in [-0.05, 0) is 13.3 Å². The molecule has 0 radical (unpaired) electrons. The summed E-state index contributed by atoms with van der Waals surface area (Å²) < 4.78 is 35.8. The molecule has 2 aromatic rings. The van der Waals surface area contributed by atoms with E-state index in [0.717, 1.165) is 24.5 Å². The molecule has 132 valence electrons. The molecule has 0 N–H and O–H groups in total. The zero-order valence-electron chi connectivity index (χ0n) is 14.2. The molecule has 0 spiro atoms. The molecular formula is C15H23N5O3S. The molecule has 24 heavy (non-hydrogen) atoms. The molecule has 3 rings (SSSR count). The maximum atomic E-state index is 12.7. The van der Waals surface area contributed by atoms with Gasteiger partial charge in [0, 0.05) is 57.8 Å². The van der Waals surface area contributed by atoms with Crippen molar-refractivity contribution in [1.29, 1.82) is 0 Å². The van der Waals surface area contributed by atoms with Crippen LogP contribution in [0.3, 0.4) is 0 Å². The number of sulfonamides is 1. The van der Waals surface area contributed by atoms with Gasteiger partial charge >= 0.3 is 0 Å². The van der Waals surface area contributed by atoms with Crippen LogP contribution in [0, 0.1) is 6.92 Å². The lowest BCUT2D eigenvalue weighted by Gasteiger charge is -2.16. The van der Waals surface area contributed by atoms with Gasteiger partial charge in [-0.15, -0.1) is 0 Å². The van der Waals surface area contributed by atoms with Gasteiger partial charge in [0.25, 0.3) is 10.0 Å². The maximum absolute atomic E-state index is 12.7. The highest BCUT2D eigenvalue weighted by molar-refractivity contribution is 7.89. The number of nitrogens with zero attached hydrogens (tertiary/aromatic N) is 5. The minimum Gasteiger partial charge on any atom is -0.383 e. The fourth-order valence-corrected chi connectivity index (χ4v) is 4.56. The van der Waals surface area contributed by atoms with Crippen molar-refractivity contribution in [2.45, 2.75) is 30.8 Å². The van der Waals surface area contributed by atoms with E-state index < -0.39 is 10.0 Å². The van der Waals surface area contributed by atoms with Crippen LogP contribution in [0.15, 0.2) is 23.7 Å². The summed E-state index contributed by atoms with van der Waals surface area (Å²) in [6, 6.07) is 0. The molecule has 8 nitrogen and oxygen atoms in total. The Morgan fingerprint density at radius 2 is 2.17 bits per heavy atom. The molecule has 1 unspecified atom stereocenters. The zero-order valence-corrected chi connectivity index (χ0v) is 15.0. The molecule has 2 aromatic heterocycles. The highest BCUT2D eigenvalue weighted by Gasteiger charge is 2.36. The average molecular weight is 353 g/mol. The summed E-state index contributed by atoms with van der Waals surface area (Å²) in [5.41, 5.74) is 1.06. The molecular weight excluding hydrogens is 330 g/mol. The van der Waals surface area contributed by atoms with Crippen LogP contribution in [0.25, 0.3) is 0 Å². The molecule has 0 saturated carbocycles. The smallest absolute Gasteiger partial charge is 0.262 e. The van der Waals surface area contributed by atoms with Crippen LogP contribution >= 0.6 is 0 Å². The van der Waals surface area contributed by atoms with E-state index in [1.165, 1.54) is 16.8 Å². The van der Waals surface area contributed by atoms with Crippen molar-refractivity contribution in [1.82, 2.24) is 23.4 Å². The van der Waals surface area contributed by atoms with Gasteiger partial charge in [0.05, 0.1) is 12.9 Å². The second kappa shape index (κ2) is 6.66. The standard InChI is InChI=1S/C15H23N5O3S/c1-12-8-16-15(20(12)6-7-23-3)13-4-5-19(9-13)24(21,22)14-10-18(2)11-17-14/h8,10-11,13H,4-7,9H2,1-3H3. The first kappa shape index (κ1) is 17.1. The van der Waals surface area contributed by atoms with Gasteiger partial charge in [-0.1, -0.05) is 0 Å². The van der Waals surface area contributed by atoms with Gasteiger partial charge in [-0.25, -0.2) is 18.4 Å². The first-order valence-corrected chi connectivity index (χ1v) is 9.36. The molecule has 9 heteroatoms. The van der Waals surface area contributed by atoms with Crippen LogP contribution in [0.4, 0.5) is 0 Å². The van der Waals surface area contributed by atoms with Gasteiger partial charge < -0.3 is 13.9 Å². The topological polar surface area (TPSA) is 82.3 Å². The second-order valence-corrected chi connectivity index (χ2v) is 8.01. The summed E-state index contributed by atoms with van der Waals surface area (Å²) in [5, 5.41) is 0.101. The third-order valence-electron chi connectivity index (χ3n) is 4.41. The molecule has 0 aromatic carbocycles. The van der Waals surface area contributed by atoms with E-state index in [2.05, 4.69) is 14.5 Å². The largest absolute Gasteiger partial charge is 0.383 e. The lowest BCUT2D eigenvalue weighted by Crippen LogP contribution is -2.29. The van der Waals surface area contributed by atoms with Gasteiger partial charge in [-0.3, -0.25) is 0 Å². The van der Waals surface area contributed by atoms with Crippen molar-refractivity contribution in [2.24, 2.45) is 7.05 Å². The van der Waals surface area contributed by atoms with Gasteiger partial charge in [0.15, 0.2) is 5.03 Å². The highest BCUT2D eigenvalue weighted by atomic mass is 32.2. The average Bonchev–Trinajstić information content (AvgIpc) is 3.25. The van der Waals surface area contributed by atoms with Crippen LogP contribution in [0.1, 0.15) is 23.9 Å². The first-order chi connectivity index (χ1) is 11.4. The second-order valence-electron chi connectivity index (χ2n) is 6.13. The molecule has 1 aliphatic heterocycles. The molecule has 0 bridgehead atoms. The van der Waals surface area contributed by atoms with Crippen LogP contribution < -0.4 is 0 Å². The van der Waals surface area contributed by atoms with Crippen LogP contribution in [0.2, 0.25) is 0 Å². The molecule has 3 heterocycles. The Morgan fingerprint density at radius 1 is 1.38 bits per heavy atom. The quantitative estimate of drug-likeness (QED) is 0.765. The van der Waals surface area contributed by atoms with E-state index >= 15 is 0 Å². The Morgan fingerprint density at radius 3 is 2.83 bits per heavy atom. The van der Waals surface area contributed by atoms with E-state index in [9.17, 15) is 8.42 Å². The maximum Gasteiger partial charge on any atom is 0.262 e. The van der Waals surface area contributed by atoms with Crippen molar-refractivity contribution in [3.8, 4) is 0 Å². The minimum atomic E-state index is -3.54. The Bertz CT molecular complexity index is 811. The van der Waals surface area contributed by atoms with E-state index in [-0.39, 0.29) is 10.9 Å². The predicted octanol–water partition coefficient (Wildman–Crippen LogP) is 0.750. The van der Waals surface area contributed by atoms with E-state index in [1.807, 2.05) is 13.1 Å². The fraction of sp³-hybridized carbons (Fsp3) is 0.600. The molecule has 1 aliphatic rings. The third kappa shape index (κ3) is 3.11. The number of imidazole rings is 2. The Kier molecular flexibility index (Phi) is 4.75. The number of aromatic nitrogens is 4. The number of hydrogen-bond acceptors (Lipinski definition) is 5. The summed E-state index contributed by atoms with van der Waals surface area (Å²) >= 11 is 0. The van der Waals surface area contributed by atoms with Gasteiger partial charge in [0.1, 0.15) is 5.82 Å². The van der Waals surface area contributed by atoms with Crippen molar-refractivity contribution in [3.05, 3.63) is 30.2 Å². The lowest BCUT2D eigenvalue weighted by atomic mass is 10.1. The number of rotatable bonds is 6. The highest BCUT2D eigenvalue weighted by Crippen LogP contribution is 2.30. The van der Waals surface area contributed by atoms with E-state index in [0.29, 0.717) is 19.7 Å². The first-order valence-electron chi connectivity index (χ1n) is 7.92.